The van der Waals surface area contributed by atoms with E-state index >= 15 is 0 Å². The zero-order valence-corrected chi connectivity index (χ0v) is 19.5. The van der Waals surface area contributed by atoms with Gasteiger partial charge >= 0.3 is 0 Å². The van der Waals surface area contributed by atoms with Crippen LogP contribution in [-0.2, 0) is 19.4 Å². The molecule has 0 amide bonds. The maximum Gasteiger partial charge on any atom is 0.128 e. The molecule has 1 saturated heterocycles. The van der Waals surface area contributed by atoms with E-state index in [0.717, 1.165) is 62.2 Å². The van der Waals surface area contributed by atoms with E-state index in [2.05, 4.69) is 53.0 Å². The summed E-state index contributed by atoms with van der Waals surface area (Å²) in [7, 11) is 2.20. The minimum Gasteiger partial charge on any atom is -0.304 e. The quantitative estimate of drug-likeness (QED) is 0.477. The summed E-state index contributed by atoms with van der Waals surface area (Å²) in [6.45, 7) is 6.52. The highest BCUT2D eigenvalue weighted by molar-refractivity contribution is 5.59. The lowest BCUT2D eigenvalue weighted by Gasteiger charge is -2.39. The number of halogens is 2. The van der Waals surface area contributed by atoms with Gasteiger partial charge in [-0.05, 0) is 61.7 Å². The molecule has 1 unspecified atom stereocenters. The second kappa shape index (κ2) is 10.9. The van der Waals surface area contributed by atoms with Gasteiger partial charge in [-0.25, -0.2) is 18.7 Å². The van der Waals surface area contributed by atoms with Gasteiger partial charge in [0.25, 0.3) is 0 Å². The molecule has 2 heterocycles. The lowest BCUT2D eigenvalue weighted by atomic mass is 10.0. The fourth-order valence-electron chi connectivity index (χ4n) is 4.59. The van der Waals surface area contributed by atoms with Crippen molar-refractivity contribution in [3.05, 3.63) is 83.3 Å². The van der Waals surface area contributed by atoms with Crippen LogP contribution in [0.2, 0.25) is 0 Å². The van der Waals surface area contributed by atoms with Gasteiger partial charge in [0.2, 0.25) is 0 Å². The van der Waals surface area contributed by atoms with Crippen molar-refractivity contribution in [3.8, 4) is 11.3 Å². The van der Waals surface area contributed by atoms with Crippen molar-refractivity contribution >= 4 is 0 Å². The van der Waals surface area contributed by atoms with Crippen molar-refractivity contribution < 1.29 is 8.78 Å². The number of aryl methyl sites for hydroxylation is 2. The molecule has 0 N–H and O–H groups in total. The predicted octanol–water partition coefficient (Wildman–Crippen LogP) is 5.12. The minimum absolute atomic E-state index is 0.537. The molecule has 3 aromatic rings. The second-order valence-electron chi connectivity index (χ2n) is 8.98. The Balaban J connectivity index is 1.40. The van der Waals surface area contributed by atoms with Crippen LogP contribution in [-0.4, -0.2) is 52.5 Å². The number of nitrogens with zero attached hydrogens (tertiary/aromatic N) is 4. The second-order valence-corrected chi connectivity index (χ2v) is 8.98. The van der Waals surface area contributed by atoms with Crippen molar-refractivity contribution in [3.63, 3.8) is 0 Å². The van der Waals surface area contributed by atoms with Crippen molar-refractivity contribution in [2.24, 2.45) is 0 Å². The van der Waals surface area contributed by atoms with E-state index in [-0.39, 0.29) is 0 Å². The summed E-state index contributed by atoms with van der Waals surface area (Å²) in [6.07, 6.45) is 4.92. The highest BCUT2D eigenvalue weighted by Gasteiger charge is 2.23. The third kappa shape index (κ3) is 6.42. The molecule has 0 aliphatic carbocycles. The monoisotopic (exact) mass is 450 g/mol. The molecule has 1 fully saturated rings. The number of piperazine rings is 1. The van der Waals surface area contributed by atoms with E-state index in [0.29, 0.717) is 24.4 Å². The Labute approximate surface area is 195 Å². The first-order valence-corrected chi connectivity index (χ1v) is 11.8. The summed E-state index contributed by atoms with van der Waals surface area (Å²) in [4.78, 5) is 14.2. The molecule has 0 saturated carbocycles. The summed E-state index contributed by atoms with van der Waals surface area (Å²) in [5, 5.41) is 0. The van der Waals surface area contributed by atoms with Crippen LogP contribution < -0.4 is 0 Å². The molecular formula is C27H32F2N4. The summed E-state index contributed by atoms with van der Waals surface area (Å²) in [5.74, 6) is -0.324. The molecule has 1 aromatic heterocycles. The molecule has 1 atom stereocenters. The molecule has 4 rings (SSSR count). The average Bonchev–Trinajstić information content (AvgIpc) is 2.80. The third-order valence-electron chi connectivity index (χ3n) is 6.38. The molecule has 1 aliphatic heterocycles. The Kier molecular flexibility index (Phi) is 7.78. The first-order chi connectivity index (χ1) is 16.0. The molecule has 0 spiro atoms. The van der Waals surface area contributed by atoms with Gasteiger partial charge in [-0.1, -0.05) is 25.1 Å². The largest absolute Gasteiger partial charge is 0.304 e. The van der Waals surface area contributed by atoms with Crippen molar-refractivity contribution in [2.45, 2.75) is 45.2 Å². The number of benzene rings is 2. The van der Waals surface area contributed by atoms with Crippen LogP contribution in [0.15, 0.2) is 54.7 Å². The summed E-state index contributed by atoms with van der Waals surface area (Å²) >= 11 is 0. The first kappa shape index (κ1) is 23.5. The number of likely N-dealkylation sites (N-methyl/N-ethyl adjacent to an activating group) is 1. The van der Waals surface area contributed by atoms with Gasteiger partial charge in [0, 0.05) is 56.5 Å². The van der Waals surface area contributed by atoms with Gasteiger partial charge in [-0.3, -0.25) is 4.90 Å². The van der Waals surface area contributed by atoms with Crippen LogP contribution in [0, 0.1) is 11.6 Å². The van der Waals surface area contributed by atoms with Crippen LogP contribution in [0.4, 0.5) is 8.78 Å². The Bertz CT molecular complexity index is 1050. The van der Waals surface area contributed by atoms with E-state index in [4.69, 9.17) is 4.98 Å². The maximum atomic E-state index is 13.4. The Morgan fingerprint density at radius 3 is 2.58 bits per heavy atom. The Hall–Kier alpha value is -2.70. The zero-order chi connectivity index (χ0) is 23.2. The fraction of sp³-hybridized carbons (Fsp3) is 0.407. The highest BCUT2D eigenvalue weighted by atomic mass is 19.1. The van der Waals surface area contributed by atoms with Gasteiger partial charge in [-0.15, -0.1) is 0 Å². The molecule has 4 nitrogen and oxygen atoms in total. The van der Waals surface area contributed by atoms with Gasteiger partial charge < -0.3 is 4.90 Å². The summed E-state index contributed by atoms with van der Waals surface area (Å²) < 4.78 is 26.8. The molecule has 0 bridgehead atoms. The zero-order valence-electron chi connectivity index (χ0n) is 19.5. The normalized spacial score (nSPS) is 17.4. The number of rotatable bonds is 8. The molecule has 2 aromatic carbocycles. The Morgan fingerprint density at radius 2 is 1.79 bits per heavy atom. The lowest BCUT2D eigenvalue weighted by Crippen LogP contribution is -2.50. The van der Waals surface area contributed by atoms with Gasteiger partial charge in [0.1, 0.15) is 17.5 Å². The number of aromatic nitrogens is 2. The predicted molar refractivity (Wildman–Crippen MR) is 128 cm³/mol. The van der Waals surface area contributed by atoms with E-state index in [1.807, 2.05) is 6.07 Å². The Morgan fingerprint density at radius 1 is 0.970 bits per heavy atom. The van der Waals surface area contributed by atoms with Crippen LogP contribution in [0.5, 0.6) is 0 Å². The molecule has 6 heteroatoms. The smallest absolute Gasteiger partial charge is 0.128 e. The number of hydrogen-bond donors (Lipinski definition) is 0. The van der Waals surface area contributed by atoms with E-state index < -0.39 is 11.6 Å². The fourth-order valence-corrected chi connectivity index (χ4v) is 4.59. The van der Waals surface area contributed by atoms with Crippen molar-refractivity contribution in [1.82, 2.24) is 19.8 Å². The van der Waals surface area contributed by atoms with E-state index in [1.165, 1.54) is 17.7 Å². The van der Waals surface area contributed by atoms with Crippen molar-refractivity contribution in [2.75, 3.05) is 26.7 Å². The standard InChI is InChI=1S/C27H32F2N4/c1-3-25-19-32(2)12-13-33(25)18-21-7-4-8-22(14-21)26-10-11-30-27(31-26)9-5-6-20-15-23(28)17-24(29)16-20/h4,7-8,10-11,14-17,25H,3,5-6,9,12-13,18-19H2,1-2H3. The SMILES string of the molecule is CCC1CN(C)CCN1Cc1cccc(-c2ccnc(CCCc3cc(F)cc(F)c3)n2)c1. The van der Waals surface area contributed by atoms with E-state index in [1.54, 1.807) is 6.20 Å². The molecule has 1 aliphatic rings. The van der Waals surface area contributed by atoms with Gasteiger partial charge in [-0.2, -0.15) is 0 Å². The first-order valence-electron chi connectivity index (χ1n) is 11.8. The molecule has 174 valence electrons. The molecule has 0 radical (unpaired) electrons. The maximum absolute atomic E-state index is 13.4. The summed E-state index contributed by atoms with van der Waals surface area (Å²) in [6, 6.07) is 14.8. The van der Waals surface area contributed by atoms with Crippen molar-refractivity contribution in [1.29, 1.82) is 0 Å². The highest BCUT2D eigenvalue weighted by Crippen LogP contribution is 2.22. The lowest BCUT2D eigenvalue weighted by molar-refractivity contribution is 0.0812. The third-order valence-corrected chi connectivity index (χ3v) is 6.38. The van der Waals surface area contributed by atoms with Crippen LogP contribution in [0.1, 0.15) is 36.7 Å². The topological polar surface area (TPSA) is 32.3 Å². The number of hydrogen-bond acceptors (Lipinski definition) is 4. The van der Waals surface area contributed by atoms with Crippen LogP contribution in [0.3, 0.4) is 0 Å². The van der Waals surface area contributed by atoms with Gasteiger partial charge in [0.15, 0.2) is 0 Å². The average molecular weight is 451 g/mol. The summed E-state index contributed by atoms with van der Waals surface area (Å²) in [5.41, 5.74) is 3.95. The molecule has 33 heavy (non-hydrogen) atoms. The van der Waals surface area contributed by atoms with Crippen LogP contribution >= 0.6 is 0 Å². The van der Waals surface area contributed by atoms with E-state index in [9.17, 15) is 8.78 Å². The minimum atomic E-state index is -0.537. The molecular weight excluding hydrogens is 418 g/mol. The van der Waals surface area contributed by atoms with Crippen LogP contribution in [0.25, 0.3) is 11.3 Å². The van der Waals surface area contributed by atoms with Gasteiger partial charge in [0.05, 0.1) is 5.69 Å².